The van der Waals surface area contributed by atoms with Crippen LogP contribution in [-0.2, 0) is 5.21 Å². The Labute approximate surface area is 175 Å². The molecule has 3 aromatic rings. The maximum Gasteiger partial charge on any atom is 0.250 e. The van der Waals surface area contributed by atoms with E-state index >= 15 is 0 Å². The molecule has 0 unspecified atom stereocenters. The van der Waals surface area contributed by atoms with Gasteiger partial charge in [-0.15, -0.1) is 22.7 Å². The molecule has 6 nitrogen and oxygen atoms in total. The topological polar surface area (TPSA) is 94.9 Å². The molecule has 1 radical (unpaired) electrons. The zero-order chi connectivity index (χ0) is 20.3. The number of para-hydroxylation sites is 1. The smallest absolute Gasteiger partial charge is 0.250 e. The summed E-state index contributed by atoms with van der Waals surface area (Å²) in [6.07, 6.45) is 0. The van der Waals surface area contributed by atoms with Gasteiger partial charge in [0.2, 0.25) is 0 Å². The summed E-state index contributed by atoms with van der Waals surface area (Å²) in [6.45, 7) is 7.65. The number of nitrogens with zero attached hydrogens (tertiary/aromatic N) is 2. The molecule has 3 N–H and O–H groups in total. The standard InChI is InChI=1S/C22H23N4O2.ClH/c1-21(2)16(13-9-6-5-7-10-13)17(22(3,4)26(21)28)20-24-15-12-8-11-14(19(23)27)18(15)25-20;/h5-12H,1-4H3,(H2,23,27)(H,24,25);1H. The van der Waals surface area contributed by atoms with Crippen LogP contribution in [0.5, 0.6) is 0 Å². The molecule has 0 bridgehead atoms. The number of primary amides is 1. The van der Waals surface area contributed by atoms with Crippen LogP contribution in [0.4, 0.5) is 0 Å². The van der Waals surface area contributed by atoms with Gasteiger partial charge in [-0.2, -0.15) is 0 Å². The largest absolute Gasteiger partial charge is 0.366 e. The van der Waals surface area contributed by atoms with Crippen LogP contribution < -0.4 is 5.73 Å². The molecule has 2 heterocycles. The number of amides is 1. The van der Waals surface area contributed by atoms with E-state index in [0.29, 0.717) is 22.4 Å². The summed E-state index contributed by atoms with van der Waals surface area (Å²) in [5.41, 5.74) is 8.27. The van der Waals surface area contributed by atoms with E-state index in [4.69, 9.17) is 10.7 Å². The number of nitrogens with two attached hydrogens (primary N) is 1. The van der Waals surface area contributed by atoms with Gasteiger partial charge in [0, 0.05) is 5.57 Å². The first kappa shape index (κ1) is 21.0. The SMILES string of the molecule is CC1(C)C(c2ccccc2)=C(c2nc3c(C(N)=O)cccc3[nH]2)C(C)(C)N1[O].Cl. The van der Waals surface area contributed by atoms with E-state index in [1.807, 2.05) is 64.1 Å². The highest BCUT2D eigenvalue weighted by molar-refractivity contribution is 6.06. The van der Waals surface area contributed by atoms with E-state index in [9.17, 15) is 10.0 Å². The number of carbonyl (C=O) groups excluding carboxylic acids is 1. The Bertz CT molecular complexity index is 1120. The molecule has 4 rings (SSSR count). The maximum absolute atomic E-state index is 13.3. The molecule has 0 atom stereocenters. The summed E-state index contributed by atoms with van der Waals surface area (Å²) in [4.78, 5) is 19.8. The number of carbonyl (C=O) groups is 1. The van der Waals surface area contributed by atoms with Gasteiger partial charge in [-0.1, -0.05) is 36.4 Å². The molecule has 1 amide bonds. The predicted octanol–water partition coefficient (Wildman–Crippen LogP) is 4.21. The normalized spacial score (nSPS) is 18.1. The van der Waals surface area contributed by atoms with Crippen molar-refractivity contribution in [1.29, 1.82) is 0 Å². The molecule has 0 fully saturated rings. The summed E-state index contributed by atoms with van der Waals surface area (Å²) in [7, 11) is 0. The number of fused-ring (bicyclic) bond motifs is 1. The second kappa shape index (κ2) is 6.99. The molecule has 1 aliphatic heterocycles. The van der Waals surface area contributed by atoms with Crippen LogP contribution in [0.2, 0.25) is 0 Å². The zero-order valence-electron chi connectivity index (χ0n) is 16.8. The second-order valence-electron chi connectivity index (χ2n) is 8.18. The monoisotopic (exact) mass is 411 g/mol. The summed E-state index contributed by atoms with van der Waals surface area (Å²) in [5.74, 6) is 0.0522. The summed E-state index contributed by atoms with van der Waals surface area (Å²) in [6, 6.07) is 15.1. The van der Waals surface area contributed by atoms with E-state index in [1.165, 1.54) is 0 Å². The van der Waals surface area contributed by atoms with Crippen molar-refractivity contribution in [2.45, 2.75) is 38.8 Å². The first-order valence-electron chi connectivity index (χ1n) is 9.22. The lowest BCUT2D eigenvalue weighted by Gasteiger charge is -2.34. The average Bonchev–Trinajstić information content (AvgIpc) is 3.13. The third-order valence-corrected chi connectivity index (χ3v) is 5.57. The van der Waals surface area contributed by atoms with Gasteiger partial charge in [-0.05, 0) is 51.0 Å². The number of nitrogens with one attached hydrogen (secondary N) is 1. The van der Waals surface area contributed by atoms with Crippen LogP contribution in [0, 0.1) is 0 Å². The van der Waals surface area contributed by atoms with Gasteiger partial charge in [0.05, 0.1) is 22.2 Å². The predicted molar refractivity (Wildman–Crippen MR) is 116 cm³/mol. The number of hydroxylamine groups is 2. The number of aromatic amines is 1. The first-order chi connectivity index (χ1) is 13.2. The Balaban J connectivity index is 0.00000240. The number of rotatable bonds is 3. The Morgan fingerprint density at radius 1 is 0.966 bits per heavy atom. The van der Waals surface area contributed by atoms with Crippen molar-refractivity contribution in [1.82, 2.24) is 15.0 Å². The minimum absolute atomic E-state index is 0. The number of imidazole rings is 1. The number of H-pyrrole nitrogens is 1. The van der Waals surface area contributed by atoms with Gasteiger partial charge >= 0.3 is 0 Å². The Hall–Kier alpha value is -2.67. The Kier molecular flexibility index (Phi) is 5.07. The van der Waals surface area contributed by atoms with Crippen molar-refractivity contribution >= 4 is 40.5 Å². The minimum Gasteiger partial charge on any atom is -0.366 e. The second-order valence-corrected chi connectivity index (χ2v) is 8.18. The number of hydrogen-bond donors (Lipinski definition) is 2. The molecule has 2 aromatic carbocycles. The quantitative estimate of drug-likeness (QED) is 0.675. The minimum atomic E-state index is -0.810. The molecule has 1 aromatic heterocycles. The van der Waals surface area contributed by atoms with Crippen molar-refractivity contribution < 1.29 is 10.0 Å². The van der Waals surface area contributed by atoms with Crippen LogP contribution in [0.25, 0.3) is 22.2 Å². The van der Waals surface area contributed by atoms with Gasteiger partial charge < -0.3 is 10.7 Å². The molecule has 0 spiro atoms. The van der Waals surface area contributed by atoms with Gasteiger partial charge in [0.15, 0.2) is 0 Å². The lowest BCUT2D eigenvalue weighted by molar-refractivity contribution is -0.232. The third-order valence-electron chi connectivity index (χ3n) is 5.57. The number of halogens is 1. The van der Waals surface area contributed by atoms with Gasteiger partial charge in [0.25, 0.3) is 5.91 Å². The summed E-state index contributed by atoms with van der Waals surface area (Å²) < 4.78 is 0. The summed E-state index contributed by atoms with van der Waals surface area (Å²) >= 11 is 0. The molecule has 29 heavy (non-hydrogen) atoms. The van der Waals surface area contributed by atoms with Crippen molar-refractivity contribution in [2.24, 2.45) is 5.73 Å². The fourth-order valence-corrected chi connectivity index (χ4v) is 4.37. The number of benzene rings is 2. The Morgan fingerprint density at radius 2 is 1.59 bits per heavy atom. The highest BCUT2D eigenvalue weighted by Crippen LogP contribution is 2.52. The highest BCUT2D eigenvalue weighted by Gasteiger charge is 2.53. The first-order valence-corrected chi connectivity index (χ1v) is 9.22. The molecule has 7 heteroatoms. The van der Waals surface area contributed by atoms with E-state index in [1.54, 1.807) is 12.1 Å². The van der Waals surface area contributed by atoms with Crippen LogP contribution >= 0.6 is 12.4 Å². The van der Waals surface area contributed by atoms with E-state index in [0.717, 1.165) is 21.8 Å². The van der Waals surface area contributed by atoms with E-state index in [-0.39, 0.29) is 12.4 Å². The van der Waals surface area contributed by atoms with Crippen molar-refractivity contribution in [3.63, 3.8) is 0 Å². The van der Waals surface area contributed by atoms with Crippen molar-refractivity contribution in [3.05, 3.63) is 65.5 Å². The van der Waals surface area contributed by atoms with Crippen molar-refractivity contribution in [3.8, 4) is 0 Å². The average molecular weight is 412 g/mol. The Morgan fingerprint density at radius 3 is 2.21 bits per heavy atom. The van der Waals surface area contributed by atoms with Crippen LogP contribution in [0.3, 0.4) is 0 Å². The molecule has 1 aliphatic rings. The van der Waals surface area contributed by atoms with Crippen LogP contribution in [-0.4, -0.2) is 32.0 Å². The van der Waals surface area contributed by atoms with Gasteiger partial charge in [-0.25, -0.2) is 4.98 Å². The molecule has 151 valence electrons. The molecule has 0 saturated heterocycles. The lowest BCUT2D eigenvalue weighted by atomic mass is 9.85. The summed E-state index contributed by atoms with van der Waals surface area (Å²) in [5, 5.41) is 14.4. The lowest BCUT2D eigenvalue weighted by Crippen LogP contribution is -2.47. The number of aromatic nitrogens is 2. The van der Waals surface area contributed by atoms with E-state index < -0.39 is 17.0 Å². The fraction of sp³-hybridized carbons (Fsp3) is 0.273. The molecule has 0 aliphatic carbocycles. The molecular weight excluding hydrogens is 388 g/mol. The van der Waals surface area contributed by atoms with E-state index in [2.05, 4.69) is 4.98 Å². The number of hydrogen-bond acceptors (Lipinski definition) is 3. The third kappa shape index (κ3) is 3.04. The van der Waals surface area contributed by atoms with Crippen molar-refractivity contribution in [2.75, 3.05) is 0 Å². The molecular formula is C22H24ClN4O2. The van der Waals surface area contributed by atoms with Crippen LogP contribution in [0.1, 0.15) is 49.4 Å². The van der Waals surface area contributed by atoms with Gasteiger partial charge in [-0.3, -0.25) is 4.79 Å². The zero-order valence-corrected chi connectivity index (χ0v) is 17.6. The maximum atomic E-state index is 13.3. The highest BCUT2D eigenvalue weighted by atomic mass is 35.5. The fourth-order valence-electron chi connectivity index (χ4n) is 4.37. The van der Waals surface area contributed by atoms with Crippen LogP contribution in [0.15, 0.2) is 48.5 Å². The molecule has 0 saturated carbocycles. The van der Waals surface area contributed by atoms with Gasteiger partial charge in [0.1, 0.15) is 11.3 Å².